The standard InChI is InChI=1S/C14H19F2N3O4/c15-14(16,13(21)3-1-2-4-13)12(20)19-10-7-22-8-11(10)23-9-5-17-18-6-9/h5-6,10-11,21H,1-4,7-8H2,(H,17,18)(H,19,20)/t10-,11+/m0/s1. The predicted octanol–water partition coefficient (Wildman–Crippen LogP) is 0.612. The van der Waals surface area contributed by atoms with Crippen LogP contribution in [0.5, 0.6) is 5.75 Å². The number of halogens is 2. The molecule has 2 fully saturated rings. The average Bonchev–Trinajstić information content (AvgIpc) is 3.23. The summed E-state index contributed by atoms with van der Waals surface area (Å²) in [5.74, 6) is -4.90. The number of H-pyrrole nitrogens is 1. The Labute approximate surface area is 131 Å². The van der Waals surface area contributed by atoms with Crippen LogP contribution in [0.15, 0.2) is 12.4 Å². The normalized spacial score (nSPS) is 27.1. The highest BCUT2D eigenvalue weighted by Gasteiger charge is 2.59. The number of hydrogen-bond donors (Lipinski definition) is 3. The van der Waals surface area contributed by atoms with Crippen molar-refractivity contribution < 1.29 is 28.2 Å². The van der Waals surface area contributed by atoms with Crippen molar-refractivity contribution in [2.45, 2.75) is 49.4 Å². The van der Waals surface area contributed by atoms with Gasteiger partial charge in [0, 0.05) is 0 Å². The Morgan fingerprint density at radius 1 is 1.48 bits per heavy atom. The van der Waals surface area contributed by atoms with Crippen LogP contribution in [0, 0.1) is 0 Å². The van der Waals surface area contributed by atoms with Crippen LogP contribution in [-0.2, 0) is 9.53 Å². The average molecular weight is 331 g/mol. The van der Waals surface area contributed by atoms with Crippen molar-refractivity contribution in [1.82, 2.24) is 15.5 Å². The molecule has 7 nitrogen and oxygen atoms in total. The number of rotatable bonds is 5. The molecule has 1 aromatic rings. The van der Waals surface area contributed by atoms with Gasteiger partial charge in [0.05, 0.1) is 31.6 Å². The number of nitrogens with zero attached hydrogens (tertiary/aromatic N) is 1. The van der Waals surface area contributed by atoms with Crippen molar-refractivity contribution in [3.05, 3.63) is 12.4 Å². The minimum Gasteiger partial charge on any atom is -0.482 e. The van der Waals surface area contributed by atoms with Gasteiger partial charge in [-0.3, -0.25) is 9.89 Å². The van der Waals surface area contributed by atoms with Crippen LogP contribution >= 0.6 is 0 Å². The molecular weight excluding hydrogens is 312 g/mol. The number of hydrogen-bond acceptors (Lipinski definition) is 5. The number of alkyl halides is 2. The van der Waals surface area contributed by atoms with E-state index in [0.717, 1.165) is 0 Å². The summed E-state index contributed by atoms with van der Waals surface area (Å²) in [4.78, 5) is 12.0. The van der Waals surface area contributed by atoms with Crippen LogP contribution in [0.1, 0.15) is 25.7 Å². The molecule has 3 N–H and O–H groups in total. The topological polar surface area (TPSA) is 96.5 Å². The van der Waals surface area contributed by atoms with Gasteiger partial charge in [0.2, 0.25) is 0 Å². The number of aliphatic hydroxyl groups is 1. The van der Waals surface area contributed by atoms with Gasteiger partial charge in [-0.15, -0.1) is 0 Å². The molecule has 23 heavy (non-hydrogen) atoms. The second-order valence-electron chi connectivity index (χ2n) is 6.02. The number of carbonyl (C=O) groups excluding carboxylic acids is 1. The van der Waals surface area contributed by atoms with Gasteiger partial charge in [0.25, 0.3) is 5.91 Å². The number of carbonyl (C=O) groups is 1. The molecule has 0 aromatic carbocycles. The predicted molar refractivity (Wildman–Crippen MR) is 74.1 cm³/mol. The van der Waals surface area contributed by atoms with Crippen molar-refractivity contribution in [1.29, 1.82) is 0 Å². The van der Waals surface area contributed by atoms with E-state index in [4.69, 9.17) is 9.47 Å². The smallest absolute Gasteiger partial charge is 0.352 e. The fraction of sp³-hybridized carbons (Fsp3) is 0.714. The fourth-order valence-electron chi connectivity index (χ4n) is 3.01. The summed E-state index contributed by atoms with van der Waals surface area (Å²) in [6.45, 7) is 0.245. The van der Waals surface area contributed by atoms with Gasteiger partial charge >= 0.3 is 5.92 Å². The maximum absolute atomic E-state index is 14.3. The third-order valence-corrected chi connectivity index (χ3v) is 4.41. The molecule has 9 heteroatoms. The largest absolute Gasteiger partial charge is 0.482 e. The van der Waals surface area contributed by atoms with Crippen molar-refractivity contribution >= 4 is 5.91 Å². The Kier molecular flexibility index (Phi) is 4.24. The van der Waals surface area contributed by atoms with Crippen LogP contribution in [0.25, 0.3) is 0 Å². The lowest BCUT2D eigenvalue weighted by atomic mass is 9.92. The monoisotopic (exact) mass is 331 g/mol. The lowest BCUT2D eigenvalue weighted by molar-refractivity contribution is -0.191. The summed E-state index contributed by atoms with van der Waals surface area (Å²) in [7, 11) is 0. The summed E-state index contributed by atoms with van der Waals surface area (Å²) in [6.07, 6.45) is 3.16. The van der Waals surface area contributed by atoms with Crippen molar-refractivity contribution in [2.75, 3.05) is 13.2 Å². The van der Waals surface area contributed by atoms with E-state index in [1.54, 1.807) is 0 Å². The molecule has 1 aliphatic carbocycles. The molecule has 0 bridgehead atoms. The fourth-order valence-corrected chi connectivity index (χ4v) is 3.01. The quantitative estimate of drug-likeness (QED) is 0.735. The van der Waals surface area contributed by atoms with Gasteiger partial charge in [-0.2, -0.15) is 13.9 Å². The summed E-state index contributed by atoms with van der Waals surface area (Å²) < 4.78 is 39.4. The molecule has 0 spiro atoms. The van der Waals surface area contributed by atoms with E-state index < -0.39 is 29.6 Å². The Morgan fingerprint density at radius 3 is 2.87 bits per heavy atom. The van der Waals surface area contributed by atoms with Crippen molar-refractivity contribution in [2.24, 2.45) is 0 Å². The lowest BCUT2D eigenvalue weighted by Gasteiger charge is -2.32. The molecule has 1 aromatic heterocycles. The summed E-state index contributed by atoms with van der Waals surface area (Å²) in [6, 6.07) is -0.715. The maximum Gasteiger partial charge on any atom is 0.352 e. The zero-order chi connectivity index (χ0) is 16.5. The first-order valence-electron chi connectivity index (χ1n) is 7.57. The van der Waals surface area contributed by atoms with Gasteiger partial charge in [0.1, 0.15) is 11.7 Å². The number of aromatic nitrogens is 2. The molecule has 0 radical (unpaired) electrons. The van der Waals surface area contributed by atoms with Crippen LogP contribution in [0.4, 0.5) is 8.78 Å². The van der Waals surface area contributed by atoms with Gasteiger partial charge < -0.3 is 19.9 Å². The highest BCUT2D eigenvalue weighted by atomic mass is 19.3. The highest BCUT2D eigenvalue weighted by Crippen LogP contribution is 2.42. The molecule has 2 atom stereocenters. The first-order chi connectivity index (χ1) is 10.9. The SMILES string of the molecule is O=C(N[C@H]1COC[C@H]1Oc1cn[nH]c1)C(F)(F)C1(O)CCCC1. The van der Waals surface area contributed by atoms with Crippen molar-refractivity contribution in [3.8, 4) is 5.75 Å². The summed E-state index contributed by atoms with van der Waals surface area (Å²) in [5, 5.41) is 18.6. The molecule has 1 amide bonds. The second kappa shape index (κ2) is 6.04. The molecule has 1 aliphatic heterocycles. The van der Waals surface area contributed by atoms with Crippen LogP contribution < -0.4 is 10.1 Å². The van der Waals surface area contributed by atoms with Crippen LogP contribution in [0.3, 0.4) is 0 Å². The minimum absolute atomic E-state index is 0.0722. The Morgan fingerprint density at radius 2 is 2.22 bits per heavy atom. The first kappa shape index (κ1) is 16.1. The number of amides is 1. The van der Waals surface area contributed by atoms with E-state index in [1.807, 2.05) is 0 Å². The zero-order valence-corrected chi connectivity index (χ0v) is 12.4. The maximum atomic E-state index is 14.3. The highest BCUT2D eigenvalue weighted by molar-refractivity contribution is 5.85. The molecule has 128 valence electrons. The summed E-state index contributed by atoms with van der Waals surface area (Å²) >= 11 is 0. The van der Waals surface area contributed by atoms with Crippen molar-refractivity contribution in [3.63, 3.8) is 0 Å². The molecule has 1 saturated heterocycles. The number of ether oxygens (including phenoxy) is 2. The Bertz CT molecular complexity index is 546. The van der Waals surface area contributed by atoms with Crippen LogP contribution in [-0.4, -0.2) is 58.1 Å². The Balaban J connectivity index is 1.64. The van der Waals surface area contributed by atoms with E-state index in [2.05, 4.69) is 15.5 Å². The van der Waals surface area contributed by atoms with E-state index in [-0.39, 0.29) is 26.1 Å². The minimum atomic E-state index is -3.84. The molecule has 2 aliphatic rings. The number of nitrogens with one attached hydrogen (secondary N) is 2. The molecular formula is C14H19F2N3O4. The molecule has 0 unspecified atom stereocenters. The number of aromatic amines is 1. The van der Waals surface area contributed by atoms with Crippen LogP contribution in [0.2, 0.25) is 0 Å². The van der Waals surface area contributed by atoms with Gasteiger partial charge in [-0.05, 0) is 12.8 Å². The van der Waals surface area contributed by atoms with E-state index in [9.17, 15) is 18.7 Å². The summed E-state index contributed by atoms with van der Waals surface area (Å²) in [5.41, 5.74) is -2.27. The molecule has 1 saturated carbocycles. The van der Waals surface area contributed by atoms with E-state index in [1.165, 1.54) is 12.4 Å². The third kappa shape index (κ3) is 3.02. The molecule has 2 heterocycles. The second-order valence-corrected chi connectivity index (χ2v) is 6.02. The van der Waals surface area contributed by atoms with Gasteiger partial charge in [-0.1, -0.05) is 12.8 Å². The Hall–Kier alpha value is -1.74. The van der Waals surface area contributed by atoms with Gasteiger partial charge in [0.15, 0.2) is 5.75 Å². The van der Waals surface area contributed by atoms with E-state index in [0.29, 0.717) is 18.6 Å². The molecule has 3 rings (SSSR count). The lowest BCUT2D eigenvalue weighted by Crippen LogP contribution is -2.59. The first-order valence-corrected chi connectivity index (χ1v) is 7.57. The zero-order valence-electron chi connectivity index (χ0n) is 12.4. The van der Waals surface area contributed by atoms with Gasteiger partial charge in [-0.25, -0.2) is 0 Å². The third-order valence-electron chi connectivity index (χ3n) is 4.41. The van der Waals surface area contributed by atoms with E-state index >= 15 is 0 Å².